The van der Waals surface area contributed by atoms with E-state index in [4.69, 9.17) is 5.73 Å². The van der Waals surface area contributed by atoms with Crippen LogP contribution in [0.1, 0.15) is 11.1 Å². The second kappa shape index (κ2) is 5.19. The lowest BCUT2D eigenvalue weighted by Gasteiger charge is -2.22. The highest BCUT2D eigenvalue weighted by molar-refractivity contribution is 5.65. The molecule has 0 spiro atoms. The first-order valence-electron chi connectivity index (χ1n) is 5.91. The van der Waals surface area contributed by atoms with E-state index >= 15 is 0 Å². The van der Waals surface area contributed by atoms with Crippen molar-refractivity contribution in [1.29, 1.82) is 0 Å². The van der Waals surface area contributed by atoms with Crippen LogP contribution in [0.15, 0.2) is 42.5 Å². The zero-order valence-electron chi connectivity index (χ0n) is 10.7. The molecule has 0 amide bonds. The van der Waals surface area contributed by atoms with Crippen molar-refractivity contribution in [2.45, 2.75) is 13.5 Å². The molecule has 0 aliphatic rings. The van der Waals surface area contributed by atoms with Gasteiger partial charge in [0.25, 0.3) is 0 Å². The Labute approximate surface area is 107 Å². The molecule has 0 unspecified atom stereocenters. The van der Waals surface area contributed by atoms with Crippen LogP contribution in [0.25, 0.3) is 0 Å². The normalized spacial score (nSPS) is 10.4. The molecule has 0 fully saturated rings. The predicted molar refractivity (Wildman–Crippen MR) is 73.5 cm³/mol. The second-order valence-corrected chi connectivity index (χ2v) is 4.33. The summed E-state index contributed by atoms with van der Waals surface area (Å²) >= 11 is 0. The van der Waals surface area contributed by atoms with Gasteiger partial charge in [0.1, 0.15) is 5.82 Å². The fourth-order valence-corrected chi connectivity index (χ4v) is 1.99. The quantitative estimate of drug-likeness (QED) is 0.897. The zero-order chi connectivity index (χ0) is 13.1. The van der Waals surface area contributed by atoms with Gasteiger partial charge >= 0.3 is 0 Å². The first-order valence-corrected chi connectivity index (χ1v) is 5.91. The lowest BCUT2D eigenvalue weighted by atomic mass is 10.1. The van der Waals surface area contributed by atoms with Crippen LogP contribution >= 0.6 is 0 Å². The highest BCUT2D eigenvalue weighted by atomic mass is 19.1. The standard InChI is InChI=1S/C15H17FN2/c1-11-5-3-4-6-15(11)18(2)13-8-7-12(10-17)14(16)9-13/h3-9H,10,17H2,1-2H3. The number of nitrogens with zero attached hydrogens (tertiary/aromatic N) is 1. The molecule has 0 aliphatic carbocycles. The Morgan fingerprint density at radius 2 is 1.89 bits per heavy atom. The molecule has 2 aromatic carbocycles. The largest absolute Gasteiger partial charge is 0.344 e. The third kappa shape index (κ3) is 2.36. The van der Waals surface area contributed by atoms with Gasteiger partial charge in [0, 0.05) is 30.5 Å². The van der Waals surface area contributed by atoms with Crippen molar-refractivity contribution in [2.24, 2.45) is 5.73 Å². The number of halogens is 1. The Kier molecular flexibility index (Phi) is 3.63. The zero-order valence-corrected chi connectivity index (χ0v) is 10.7. The molecule has 0 saturated heterocycles. The van der Waals surface area contributed by atoms with E-state index in [-0.39, 0.29) is 12.4 Å². The van der Waals surface area contributed by atoms with E-state index in [1.807, 2.05) is 49.2 Å². The van der Waals surface area contributed by atoms with Crippen LogP contribution in [0, 0.1) is 12.7 Å². The molecule has 0 heterocycles. The molecular formula is C15H17FN2. The summed E-state index contributed by atoms with van der Waals surface area (Å²) in [7, 11) is 1.93. The van der Waals surface area contributed by atoms with E-state index in [0.717, 1.165) is 16.9 Å². The van der Waals surface area contributed by atoms with Crippen LogP contribution in [0.4, 0.5) is 15.8 Å². The molecular weight excluding hydrogens is 227 g/mol. The molecule has 2 rings (SSSR count). The fraction of sp³-hybridized carbons (Fsp3) is 0.200. The monoisotopic (exact) mass is 244 g/mol. The maximum Gasteiger partial charge on any atom is 0.129 e. The molecule has 0 radical (unpaired) electrons. The van der Waals surface area contributed by atoms with Gasteiger partial charge in [-0.05, 0) is 30.7 Å². The summed E-state index contributed by atoms with van der Waals surface area (Å²) in [6, 6.07) is 13.2. The van der Waals surface area contributed by atoms with Crippen LogP contribution in [0.5, 0.6) is 0 Å². The molecule has 2 aromatic rings. The van der Waals surface area contributed by atoms with Crippen molar-refractivity contribution in [3.8, 4) is 0 Å². The Hall–Kier alpha value is -1.87. The Balaban J connectivity index is 2.37. The van der Waals surface area contributed by atoms with Crippen molar-refractivity contribution in [1.82, 2.24) is 0 Å². The molecule has 0 aromatic heterocycles. The van der Waals surface area contributed by atoms with Crippen molar-refractivity contribution < 1.29 is 4.39 Å². The van der Waals surface area contributed by atoms with Gasteiger partial charge in [-0.15, -0.1) is 0 Å². The van der Waals surface area contributed by atoms with Gasteiger partial charge in [-0.25, -0.2) is 4.39 Å². The Morgan fingerprint density at radius 1 is 1.17 bits per heavy atom. The van der Waals surface area contributed by atoms with E-state index in [0.29, 0.717) is 5.56 Å². The lowest BCUT2D eigenvalue weighted by Crippen LogP contribution is -2.11. The predicted octanol–water partition coefficient (Wildman–Crippen LogP) is 3.36. The topological polar surface area (TPSA) is 29.3 Å². The van der Waals surface area contributed by atoms with Gasteiger partial charge in [0.05, 0.1) is 0 Å². The summed E-state index contributed by atoms with van der Waals surface area (Å²) in [5, 5.41) is 0. The van der Waals surface area contributed by atoms with Crippen molar-refractivity contribution in [2.75, 3.05) is 11.9 Å². The number of hydrogen-bond acceptors (Lipinski definition) is 2. The number of anilines is 2. The minimum Gasteiger partial charge on any atom is -0.344 e. The van der Waals surface area contributed by atoms with E-state index < -0.39 is 0 Å². The van der Waals surface area contributed by atoms with Crippen molar-refractivity contribution in [3.63, 3.8) is 0 Å². The Morgan fingerprint density at radius 3 is 2.50 bits per heavy atom. The van der Waals surface area contributed by atoms with Gasteiger partial charge in [-0.1, -0.05) is 24.3 Å². The minimum absolute atomic E-state index is 0.222. The third-order valence-electron chi connectivity index (χ3n) is 3.12. The average Bonchev–Trinajstić information content (AvgIpc) is 2.38. The number of hydrogen-bond donors (Lipinski definition) is 1. The first kappa shape index (κ1) is 12.6. The number of nitrogens with two attached hydrogens (primary N) is 1. The number of para-hydroxylation sites is 1. The molecule has 2 nitrogen and oxygen atoms in total. The van der Waals surface area contributed by atoms with E-state index in [1.54, 1.807) is 6.07 Å². The van der Waals surface area contributed by atoms with Crippen LogP contribution in [-0.2, 0) is 6.54 Å². The summed E-state index contributed by atoms with van der Waals surface area (Å²) in [4.78, 5) is 1.97. The molecule has 0 saturated carbocycles. The minimum atomic E-state index is -0.254. The second-order valence-electron chi connectivity index (χ2n) is 4.33. The van der Waals surface area contributed by atoms with Crippen molar-refractivity contribution in [3.05, 3.63) is 59.4 Å². The molecule has 0 aliphatic heterocycles. The highest BCUT2D eigenvalue weighted by Crippen LogP contribution is 2.27. The fourth-order valence-electron chi connectivity index (χ4n) is 1.99. The van der Waals surface area contributed by atoms with Crippen LogP contribution in [-0.4, -0.2) is 7.05 Å². The summed E-state index contributed by atoms with van der Waals surface area (Å²) in [5.74, 6) is -0.254. The SMILES string of the molecule is Cc1ccccc1N(C)c1ccc(CN)c(F)c1. The molecule has 3 heteroatoms. The van der Waals surface area contributed by atoms with Crippen LogP contribution in [0.3, 0.4) is 0 Å². The summed E-state index contributed by atoms with van der Waals surface area (Å²) in [6.07, 6.45) is 0. The maximum atomic E-state index is 13.7. The van der Waals surface area contributed by atoms with Crippen LogP contribution < -0.4 is 10.6 Å². The lowest BCUT2D eigenvalue weighted by molar-refractivity contribution is 0.610. The third-order valence-corrected chi connectivity index (χ3v) is 3.12. The molecule has 0 bridgehead atoms. The van der Waals surface area contributed by atoms with E-state index in [9.17, 15) is 4.39 Å². The van der Waals surface area contributed by atoms with Crippen molar-refractivity contribution >= 4 is 11.4 Å². The van der Waals surface area contributed by atoms with Gasteiger partial charge in [-0.3, -0.25) is 0 Å². The molecule has 18 heavy (non-hydrogen) atoms. The van der Waals surface area contributed by atoms with Gasteiger partial charge in [0.2, 0.25) is 0 Å². The van der Waals surface area contributed by atoms with Gasteiger partial charge < -0.3 is 10.6 Å². The molecule has 94 valence electrons. The smallest absolute Gasteiger partial charge is 0.129 e. The van der Waals surface area contributed by atoms with Gasteiger partial charge in [-0.2, -0.15) is 0 Å². The maximum absolute atomic E-state index is 13.7. The molecule has 2 N–H and O–H groups in total. The summed E-state index contributed by atoms with van der Waals surface area (Å²) in [5.41, 5.74) is 9.04. The Bertz CT molecular complexity index is 552. The molecule has 0 atom stereocenters. The van der Waals surface area contributed by atoms with E-state index in [1.165, 1.54) is 6.07 Å². The van der Waals surface area contributed by atoms with Crippen LogP contribution in [0.2, 0.25) is 0 Å². The highest BCUT2D eigenvalue weighted by Gasteiger charge is 2.09. The summed E-state index contributed by atoms with van der Waals surface area (Å²) < 4.78 is 13.7. The number of rotatable bonds is 3. The number of benzene rings is 2. The van der Waals surface area contributed by atoms with E-state index in [2.05, 4.69) is 0 Å². The number of aryl methyl sites for hydroxylation is 1. The average molecular weight is 244 g/mol. The van der Waals surface area contributed by atoms with Gasteiger partial charge in [0.15, 0.2) is 0 Å². The first-order chi connectivity index (χ1) is 8.63. The summed E-state index contributed by atoms with van der Waals surface area (Å²) in [6.45, 7) is 2.26.